The molecule has 0 saturated carbocycles. The molecule has 0 radical (unpaired) electrons. The lowest BCUT2D eigenvalue weighted by Gasteiger charge is -2.13. The molecule has 0 rings (SSSR count). The lowest BCUT2D eigenvalue weighted by molar-refractivity contribution is -0.880. The molecule has 1 N–H and O–H groups in total. The SMILES string of the molecule is CCCCCCC[NH+](C)CCCCCC.[Br-]. The van der Waals surface area contributed by atoms with Crippen LogP contribution in [0.2, 0.25) is 0 Å². The predicted octanol–water partition coefficient (Wildman–Crippen LogP) is 0.0558. The molecule has 1 atom stereocenters. The zero-order valence-corrected chi connectivity index (χ0v) is 13.2. The molecule has 0 heterocycles. The zero-order valence-electron chi connectivity index (χ0n) is 11.7. The fraction of sp³-hybridized carbons (Fsp3) is 1.00. The van der Waals surface area contributed by atoms with Gasteiger partial charge in [-0.05, 0) is 25.7 Å². The summed E-state index contributed by atoms with van der Waals surface area (Å²) in [6, 6.07) is 0. The maximum atomic E-state index is 2.35. The minimum atomic E-state index is 0. The Balaban J connectivity index is 0. The van der Waals surface area contributed by atoms with Crippen LogP contribution in [0.5, 0.6) is 0 Å². The zero-order chi connectivity index (χ0) is 11.4. The summed E-state index contributed by atoms with van der Waals surface area (Å²) in [5.41, 5.74) is 0. The van der Waals surface area contributed by atoms with Gasteiger partial charge in [-0.25, -0.2) is 0 Å². The second kappa shape index (κ2) is 15.4. The largest absolute Gasteiger partial charge is 1.00 e. The van der Waals surface area contributed by atoms with Gasteiger partial charge in [0, 0.05) is 0 Å². The summed E-state index contributed by atoms with van der Waals surface area (Å²) in [5.74, 6) is 0. The molecule has 0 aromatic heterocycles. The van der Waals surface area contributed by atoms with E-state index >= 15 is 0 Å². The van der Waals surface area contributed by atoms with E-state index in [1.54, 1.807) is 4.90 Å². The second-order valence-electron chi connectivity index (χ2n) is 4.93. The summed E-state index contributed by atoms with van der Waals surface area (Å²) in [4.78, 5) is 1.74. The van der Waals surface area contributed by atoms with Crippen LogP contribution in [0.4, 0.5) is 0 Å². The minimum Gasteiger partial charge on any atom is -1.00 e. The third-order valence-electron chi connectivity index (χ3n) is 3.16. The molecule has 0 aromatic rings. The van der Waals surface area contributed by atoms with E-state index in [0.717, 1.165) is 0 Å². The molecule has 0 saturated heterocycles. The summed E-state index contributed by atoms with van der Waals surface area (Å²) >= 11 is 0. The van der Waals surface area contributed by atoms with E-state index < -0.39 is 0 Å². The van der Waals surface area contributed by atoms with Gasteiger partial charge in [0.15, 0.2) is 0 Å². The van der Waals surface area contributed by atoms with E-state index in [4.69, 9.17) is 0 Å². The maximum absolute atomic E-state index is 2.35. The highest BCUT2D eigenvalue weighted by atomic mass is 79.9. The normalized spacial score (nSPS) is 12.2. The second-order valence-corrected chi connectivity index (χ2v) is 4.93. The first-order chi connectivity index (χ1) is 7.31. The molecule has 0 amide bonds. The monoisotopic (exact) mass is 293 g/mol. The lowest BCUT2D eigenvalue weighted by Crippen LogP contribution is -3.09. The van der Waals surface area contributed by atoms with E-state index in [2.05, 4.69) is 20.9 Å². The number of unbranched alkanes of at least 4 members (excludes halogenated alkanes) is 7. The highest BCUT2D eigenvalue weighted by Crippen LogP contribution is 2.00. The standard InChI is InChI=1S/C14H31N.BrH/c1-4-6-8-10-12-14-15(3)13-11-9-7-5-2;/h4-14H2,1-3H3;1H. The molecule has 100 valence electrons. The molecule has 0 bridgehead atoms. The van der Waals surface area contributed by atoms with Gasteiger partial charge >= 0.3 is 0 Å². The first-order valence-electron chi connectivity index (χ1n) is 7.12. The van der Waals surface area contributed by atoms with E-state index in [0.29, 0.717) is 0 Å². The fourth-order valence-electron chi connectivity index (χ4n) is 2.01. The third-order valence-corrected chi connectivity index (χ3v) is 3.16. The molecule has 16 heavy (non-hydrogen) atoms. The predicted molar refractivity (Wildman–Crippen MR) is 69.5 cm³/mol. The van der Waals surface area contributed by atoms with Crippen molar-refractivity contribution < 1.29 is 21.9 Å². The van der Waals surface area contributed by atoms with E-state index in [9.17, 15) is 0 Å². The van der Waals surface area contributed by atoms with Crippen molar-refractivity contribution in [3.05, 3.63) is 0 Å². The van der Waals surface area contributed by atoms with Crippen LogP contribution in [0.3, 0.4) is 0 Å². The molecule has 0 aliphatic rings. The van der Waals surface area contributed by atoms with Crippen molar-refractivity contribution in [1.82, 2.24) is 0 Å². The van der Waals surface area contributed by atoms with Crippen LogP contribution in [-0.4, -0.2) is 20.1 Å². The van der Waals surface area contributed by atoms with Crippen LogP contribution < -0.4 is 21.9 Å². The average molecular weight is 294 g/mol. The molecule has 2 heteroatoms. The van der Waals surface area contributed by atoms with Crippen molar-refractivity contribution in [1.29, 1.82) is 0 Å². The highest BCUT2D eigenvalue weighted by molar-refractivity contribution is 4.41. The summed E-state index contributed by atoms with van der Waals surface area (Å²) in [6.45, 7) is 7.33. The van der Waals surface area contributed by atoms with Crippen molar-refractivity contribution in [2.45, 2.75) is 71.6 Å². The molecular weight excluding hydrogens is 262 g/mol. The molecular formula is C14H32BrN. The van der Waals surface area contributed by atoms with Crippen molar-refractivity contribution in [3.63, 3.8) is 0 Å². The Bertz CT molecular complexity index is 117. The smallest absolute Gasteiger partial charge is 0.0768 e. The van der Waals surface area contributed by atoms with Gasteiger partial charge in [-0.3, -0.25) is 0 Å². The summed E-state index contributed by atoms with van der Waals surface area (Å²) in [7, 11) is 2.35. The molecule has 0 aromatic carbocycles. The van der Waals surface area contributed by atoms with Gasteiger partial charge in [-0.15, -0.1) is 0 Å². The van der Waals surface area contributed by atoms with Gasteiger partial charge in [0.2, 0.25) is 0 Å². The summed E-state index contributed by atoms with van der Waals surface area (Å²) < 4.78 is 0. The lowest BCUT2D eigenvalue weighted by atomic mass is 10.1. The quantitative estimate of drug-likeness (QED) is 0.514. The summed E-state index contributed by atoms with van der Waals surface area (Å²) in [5, 5.41) is 0. The van der Waals surface area contributed by atoms with Crippen LogP contribution in [0.15, 0.2) is 0 Å². The Morgan fingerprint density at radius 1 is 0.625 bits per heavy atom. The molecule has 1 unspecified atom stereocenters. The van der Waals surface area contributed by atoms with E-state index in [1.165, 1.54) is 70.9 Å². The van der Waals surface area contributed by atoms with Gasteiger partial charge in [-0.2, -0.15) is 0 Å². The Hall–Kier alpha value is 0.440. The molecule has 0 spiro atoms. The number of hydrogen-bond donors (Lipinski definition) is 1. The summed E-state index contributed by atoms with van der Waals surface area (Å²) in [6.07, 6.45) is 12.7. The van der Waals surface area contributed by atoms with Crippen molar-refractivity contribution in [3.8, 4) is 0 Å². The van der Waals surface area contributed by atoms with E-state index in [-0.39, 0.29) is 17.0 Å². The van der Waals surface area contributed by atoms with Gasteiger partial charge < -0.3 is 21.9 Å². The van der Waals surface area contributed by atoms with Crippen molar-refractivity contribution in [2.75, 3.05) is 20.1 Å². The van der Waals surface area contributed by atoms with E-state index in [1.807, 2.05) is 0 Å². The average Bonchev–Trinajstić information content (AvgIpc) is 2.24. The highest BCUT2D eigenvalue weighted by Gasteiger charge is 2.00. The Morgan fingerprint density at radius 3 is 1.44 bits per heavy atom. The van der Waals surface area contributed by atoms with Crippen LogP contribution in [0, 0.1) is 0 Å². The Kier molecular flexibility index (Phi) is 18.1. The number of hydrogen-bond acceptors (Lipinski definition) is 0. The maximum Gasteiger partial charge on any atom is 0.0768 e. The molecule has 1 nitrogen and oxygen atoms in total. The number of halogens is 1. The number of rotatable bonds is 11. The van der Waals surface area contributed by atoms with Crippen molar-refractivity contribution >= 4 is 0 Å². The van der Waals surface area contributed by atoms with Gasteiger partial charge in [0.05, 0.1) is 20.1 Å². The Morgan fingerprint density at radius 2 is 1.00 bits per heavy atom. The van der Waals surface area contributed by atoms with Crippen LogP contribution in [0.25, 0.3) is 0 Å². The first kappa shape index (κ1) is 18.8. The number of quaternary nitrogens is 1. The molecule has 0 fully saturated rings. The molecule has 0 aliphatic carbocycles. The van der Waals surface area contributed by atoms with Crippen molar-refractivity contribution in [2.24, 2.45) is 0 Å². The fourth-order valence-corrected chi connectivity index (χ4v) is 2.01. The van der Waals surface area contributed by atoms with Gasteiger partial charge in [0.1, 0.15) is 0 Å². The van der Waals surface area contributed by atoms with Crippen LogP contribution in [-0.2, 0) is 0 Å². The number of nitrogens with one attached hydrogen (secondary N) is 1. The first-order valence-corrected chi connectivity index (χ1v) is 7.12. The molecule has 0 aliphatic heterocycles. The Labute approximate surface area is 114 Å². The van der Waals surface area contributed by atoms with Gasteiger partial charge in [-0.1, -0.05) is 46.0 Å². The minimum absolute atomic E-state index is 0. The van der Waals surface area contributed by atoms with Gasteiger partial charge in [0.25, 0.3) is 0 Å². The third kappa shape index (κ3) is 14.4. The van der Waals surface area contributed by atoms with Crippen LogP contribution >= 0.6 is 0 Å². The topological polar surface area (TPSA) is 4.44 Å². The van der Waals surface area contributed by atoms with Crippen LogP contribution in [0.1, 0.15) is 71.6 Å².